The number of nitrogens with one attached hydrogen (secondary N) is 2. The topological polar surface area (TPSA) is 149 Å². The summed E-state index contributed by atoms with van der Waals surface area (Å²) in [6, 6.07) is 17.9. The van der Waals surface area contributed by atoms with Crippen LogP contribution in [0.5, 0.6) is 0 Å². The van der Waals surface area contributed by atoms with Crippen molar-refractivity contribution in [3.8, 4) is 11.1 Å². The lowest BCUT2D eigenvalue weighted by Crippen LogP contribution is -2.39. The highest BCUT2D eigenvalue weighted by Gasteiger charge is 2.22. The fourth-order valence-corrected chi connectivity index (χ4v) is 3.42. The highest BCUT2D eigenvalue weighted by Crippen LogP contribution is 2.20. The number of carboxylic acids is 2. The summed E-state index contributed by atoms with van der Waals surface area (Å²) in [7, 11) is 0. The molecule has 2 aromatic carbocycles. The summed E-state index contributed by atoms with van der Waals surface area (Å²) in [5, 5.41) is 21.1. The van der Waals surface area contributed by atoms with E-state index in [4.69, 9.17) is 5.11 Å². The van der Waals surface area contributed by atoms with E-state index in [-0.39, 0.29) is 12.1 Å². The summed E-state index contributed by atoms with van der Waals surface area (Å²) in [6.45, 7) is 1.54. The summed E-state index contributed by atoms with van der Waals surface area (Å²) < 4.78 is 0. The van der Waals surface area contributed by atoms with E-state index < -0.39 is 41.2 Å². The molecule has 0 saturated carbocycles. The molecule has 3 aromatic rings. The minimum absolute atomic E-state index is 0.135. The monoisotopic (exact) mass is 449 g/mol. The molecule has 3 rings (SSSR count). The summed E-state index contributed by atoms with van der Waals surface area (Å²) in [5.74, 6) is -3.90. The zero-order valence-corrected chi connectivity index (χ0v) is 17.8. The van der Waals surface area contributed by atoms with Crippen molar-refractivity contribution in [1.82, 2.24) is 15.3 Å². The van der Waals surface area contributed by atoms with Crippen LogP contribution in [0.4, 0.5) is 0 Å². The number of carbonyl (C=O) groups excluding carboxylic acids is 1. The fourth-order valence-electron chi connectivity index (χ4n) is 3.42. The van der Waals surface area contributed by atoms with E-state index in [1.54, 1.807) is 0 Å². The Morgan fingerprint density at radius 1 is 1.00 bits per heavy atom. The van der Waals surface area contributed by atoms with Gasteiger partial charge in [-0.25, -0.2) is 9.59 Å². The normalized spacial score (nSPS) is 12.5. The number of aromatic amines is 1. The van der Waals surface area contributed by atoms with E-state index in [0.717, 1.165) is 22.8 Å². The molecule has 9 nitrogen and oxygen atoms in total. The molecule has 2 atom stereocenters. The Bertz CT molecular complexity index is 1200. The van der Waals surface area contributed by atoms with Gasteiger partial charge in [-0.2, -0.15) is 4.98 Å². The number of H-pyrrole nitrogens is 1. The lowest BCUT2D eigenvalue weighted by Gasteiger charge is -2.21. The van der Waals surface area contributed by atoms with Gasteiger partial charge in [0.1, 0.15) is 11.4 Å². The predicted molar refractivity (Wildman–Crippen MR) is 120 cm³/mol. The Morgan fingerprint density at radius 2 is 1.64 bits per heavy atom. The number of nitrogens with zero attached hydrogens (tertiary/aromatic N) is 1. The third-order valence-corrected chi connectivity index (χ3v) is 5.15. The van der Waals surface area contributed by atoms with E-state index in [1.165, 1.54) is 6.92 Å². The molecule has 0 aliphatic heterocycles. The fraction of sp³-hybridized carbons (Fsp3) is 0.208. The maximum Gasteiger partial charge on any atom is 0.352 e. The summed E-state index contributed by atoms with van der Waals surface area (Å²) in [5.41, 5.74) is 1.17. The van der Waals surface area contributed by atoms with Crippen molar-refractivity contribution in [2.45, 2.75) is 25.8 Å². The van der Waals surface area contributed by atoms with Gasteiger partial charge in [0.2, 0.25) is 0 Å². The molecule has 33 heavy (non-hydrogen) atoms. The van der Waals surface area contributed by atoms with E-state index in [0.29, 0.717) is 6.42 Å². The van der Waals surface area contributed by atoms with E-state index in [1.807, 2.05) is 59.6 Å². The van der Waals surface area contributed by atoms with Gasteiger partial charge < -0.3 is 15.5 Å². The standard InChI is InChI=1S/C24H23N3O6/c1-14(22(29)30)11-18(25-21(28)19-13-20(23(31)32)27-24(33)26-19)12-15-7-9-17(10-8-15)16-5-3-2-4-6-16/h2-10,13-14,18H,11-12H2,1H3,(H,25,28)(H,29,30)(H,31,32)(H,26,27,33). The third-order valence-electron chi connectivity index (χ3n) is 5.15. The van der Waals surface area contributed by atoms with Crippen molar-refractivity contribution in [2.24, 2.45) is 5.92 Å². The van der Waals surface area contributed by atoms with Crippen LogP contribution in [0, 0.1) is 5.92 Å². The van der Waals surface area contributed by atoms with Crippen LogP contribution in [0.25, 0.3) is 11.1 Å². The van der Waals surface area contributed by atoms with Crippen molar-refractivity contribution in [3.05, 3.63) is 88.1 Å². The van der Waals surface area contributed by atoms with Crippen LogP contribution in [0.1, 0.15) is 39.9 Å². The molecule has 0 saturated heterocycles. The number of aliphatic carboxylic acids is 1. The Balaban J connectivity index is 1.80. The molecular weight excluding hydrogens is 426 g/mol. The van der Waals surface area contributed by atoms with Gasteiger partial charge >= 0.3 is 17.6 Å². The second kappa shape index (κ2) is 10.4. The molecule has 1 aromatic heterocycles. The zero-order valence-electron chi connectivity index (χ0n) is 17.8. The quantitative estimate of drug-likeness (QED) is 0.392. The van der Waals surface area contributed by atoms with Gasteiger partial charge in [0.25, 0.3) is 5.91 Å². The molecule has 4 N–H and O–H groups in total. The van der Waals surface area contributed by atoms with Gasteiger partial charge in [-0.15, -0.1) is 0 Å². The predicted octanol–water partition coefficient (Wildman–Crippen LogP) is 2.59. The SMILES string of the molecule is CC(CC(Cc1ccc(-c2ccccc2)cc1)NC(=O)c1cc(C(=O)O)[nH]c(=O)n1)C(=O)O. The summed E-state index contributed by atoms with van der Waals surface area (Å²) >= 11 is 0. The Labute approximate surface area is 189 Å². The van der Waals surface area contributed by atoms with Crippen molar-refractivity contribution in [2.75, 3.05) is 0 Å². The Morgan fingerprint density at radius 3 is 2.24 bits per heavy atom. The van der Waals surface area contributed by atoms with E-state index >= 15 is 0 Å². The number of hydrogen-bond donors (Lipinski definition) is 4. The third kappa shape index (κ3) is 6.36. The van der Waals surface area contributed by atoms with Crippen molar-refractivity contribution >= 4 is 17.8 Å². The van der Waals surface area contributed by atoms with Crippen LogP contribution in [-0.2, 0) is 11.2 Å². The van der Waals surface area contributed by atoms with Crippen LogP contribution in [0.15, 0.2) is 65.5 Å². The first-order chi connectivity index (χ1) is 15.7. The molecule has 1 heterocycles. The lowest BCUT2D eigenvalue weighted by atomic mass is 9.95. The molecular formula is C24H23N3O6. The summed E-state index contributed by atoms with van der Waals surface area (Å²) in [4.78, 5) is 52.4. The molecule has 9 heteroatoms. The van der Waals surface area contributed by atoms with Gasteiger partial charge in [0.05, 0.1) is 5.92 Å². The van der Waals surface area contributed by atoms with E-state index in [2.05, 4.69) is 10.3 Å². The van der Waals surface area contributed by atoms with Crippen LogP contribution >= 0.6 is 0 Å². The molecule has 0 spiro atoms. The van der Waals surface area contributed by atoms with Crippen LogP contribution in [-0.4, -0.2) is 44.1 Å². The number of carbonyl (C=O) groups is 3. The summed E-state index contributed by atoms with van der Waals surface area (Å²) in [6.07, 6.45) is 0.476. The molecule has 2 unspecified atom stereocenters. The molecule has 1 amide bonds. The average Bonchev–Trinajstić information content (AvgIpc) is 2.79. The average molecular weight is 449 g/mol. The highest BCUT2D eigenvalue weighted by molar-refractivity contribution is 5.95. The van der Waals surface area contributed by atoms with Crippen LogP contribution < -0.4 is 11.0 Å². The van der Waals surface area contributed by atoms with Crippen LogP contribution in [0.2, 0.25) is 0 Å². The molecule has 0 aliphatic rings. The number of amides is 1. The second-order valence-electron chi connectivity index (χ2n) is 7.70. The number of carboxylic acid groups (broad SMARTS) is 2. The van der Waals surface area contributed by atoms with Gasteiger partial charge in [-0.3, -0.25) is 14.6 Å². The minimum atomic E-state index is -1.40. The first kappa shape index (κ1) is 23.4. The number of benzene rings is 2. The molecule has 0 bridgehead atoms. The second-order valence-corrected chi connectivity index (χ2v) is 7.70. The first-order valence-corrected chi connectivity index (χ1v) is 10.3. The molecule has 0 fully saturated rings. The van der Waals surface area contributed by atoms with Gasteiger partial charge in [0.15, 0.2) is 0 Å². The van der Waals surface area contributed by atoms with Crippen LogP contribution in [0.3, 0.4) is 0 Å². The molecule has 0 radical (unpaired) electrons. The highest BCUT2D eigenvalue weighted by atomic mass is 16.4. The number of hydrogen-bond acceptors (Lipinski definition) is 5. The molecule has 0 aliphatic carbocycles. The van der Waals surface area contributed by atoms with Crippen molar-refractivity contribution in [3.63, 3.8) is 0 Å². The number of aromatic carboxylic acids is 1. The van der Waals surface area contributed by atoms with Gasteiger partial charge in [0, 0.05) is 12.1 Å². The van der Waals surface area contributed by atoms with Crippen molar-refractivity contribution in [1.29, 1.82) is 0 Å². The molecule has 170 valence electrons. The van der Waals surface area contributed by atoms with E-state index in [9.17, 15) is 24.3 Å². The van der Waals surface area contributed by atoms with Gasteiger partial charge in [-0.05, 0) is 29.5 Å². The largest absolute Gasteiger partial charge is 0.481 e. The smallest absolute Gasteiger partial charge is 0.352 e. The Kier molecular flexibility index (Phi) is 7.34. The maximum atomic E-state index is 12.7. The maximum absolute atomic E-state index is 12.7. The number of aromatic nitrogens is 2. The van der Waals surface area contributed by atoms with Crippen molar-refractivity contribution < 1.29 is 24.6 Å². The lowest BCUT2D eigenvalue weighted by molar-refractivity contribution is -0.141. The Hall–Kier alpha value is -4.27. The minimum Gasteiger partial charge on any atom is -0.481 e. The van der Waals surface area contributed by atoms with Gasteiger partial charge in [-0.1, -0.05) is 61.5 Å². The zero-order chi connectivity index (χ0) is 24.0. The number of rotatable bonds is 9. The first-order valence-electron chi connectivity index (χ1n) is 10.3.